The molecule has 1 aliphatic heterocycles. The molecule has 0 aromatic carbocycles. The minimum Gasteiger partial charge on any atom is -0.260 e. The fraction of sp³-hybridized carbons (Fsp3) is 0.692. The van der Waals surface area contributed by atoms with Crippen LogP contribution in [-0.4, -0.2) is 17.9 Å². The van der Waals surface area contributed by atoms with Crippen molar-refractivity contribution >= 4 is 23.2 Å². The largest absolute Gasteiger partial charge is 0.323 e. The highest BCUT2D eigenvalue weighted by atomic mass is 35.5. The van der Waals surface area contributed by atoms with Crippen molar-refractivity contribution in [2.24, 2.45) is 28.6 Å². The number of allylic oxidation sites excluding steroid dienone is 2. The van der Waals surface area contributed by atoms with Gasteiger partial charge in [0.1, 0.15) is 10.7 Å². The average Bonchev–Trinajstić information content (AvgIpc) is 3.09. The van der Waals surface area contributed by atoms with Crippen LogP contribution in [0.25, 0.3) is 0 Å². The molecule has 5 rings (SSSR count). The number of aryl methyl sites for hydroxylation is 1. The Morgan fingerprint density at radius 2 is 1.90 bits per heavy atom. The summed E-state index contributed by atoms with van der Waals surface area (Å²) in [6, 6.07) is 1.97. The molecule has 3 nitrogen and oxygen atoms in total. The van der Waals surface area contributed by atoms with Crippen LogP contribution >= 0.6 is 11.6 Å². The van der Waals surface area contributed by atoms with E-state index in [1.54, 1.807) is 0 Å². The fourth-order valence-corrected chi connectivity index (χ4v) is 8.80. The van der Waals surface area contributed by atoms with Gasteiger partial charge in [0.25, 0.3) is 0 Å². The Morgan fingerprint density at radius 3 is 2.67 bits per heavy atom. The van der Waals surface area contributed by atoms with Crippen LogP contribution in [0.5, 0.6) is 0 Å². The van der Waals surface area contributed by atoms with Crippen LogP contribution in [0.15, 0.2) is 23.5 Å². The molecule has 0 N–H and O–H groups in total. The number of hydrogen-bond donors (Lipinski definition) is 0. The van der Waals surface area contributed by atoms with E-state index in [0.29, 0.717) is 22.8 Å². The van der Waals surface area contributed by atoms with Crippen LogP contribution in [0, 0.1) is 35.5 Å². The number of fused-ring (bicyclic) bond motifs is 5. The van der Waals surface area contributed by atoms with Crippen LogP contribution in [0.1, 0.15) is 77.8 Å². The van der Waals surface area contributed by atoms with Gasteiger partial charge in [-0.15, -0.1) is 0 Å². The highest BCUT2D eigenvalue weighted by Gasteiger charge is 2.63. The van der Waals surface area contributed by atoms with Crippen molar-refractivity contribution in [1.82, 2.24) is 9.47 Å². The summed E-state index contributed by atoms with van der Waals surface area (Å²) in [4.78, 5) is 17.9. The van der Waals surface area contributed by atoms with Gasteiger partial charge in [-0.3, -0.25) is 4.98 Å². The Morgan fingerprint density at radius 1 is 1.13 bits per heavy atom. The third-order valence-electron chi connectivity index (χ3n) is 9.85. The second-order valence-corrected chi connectivity index (χ2v) is 11.7. The van der Waals surface area contributed by atoms with Gasteiger partial charge in [0, 0.05) is 17.7 Å². The first-order chi connectivity index (χ1) is 14.1. The highest BCUT2D eigenvalue weighted by Crippen LogP contribution is 2.66. The summed E-state index contributed by atoms with van der Waals surface area (Å²) in [5.41, 5.74) is 5.11. The molecule has 0 radical (unpaired) electrons. The summed E-state index contributed by atoms with van der Waals surface area (Å²) in [7, 11) is 2.10. The molecule has 1 aromatic rings. The number of rotatable bonds is 1. The van der Waals surface area contributed by atoms with Gasteiger partial charge in [-0.25, -0.2) is 9.28 Å². The van der Waals surface area contributed by atoms with Crippen molar-refractivity contribution in [2.75, 3.05) is 7.05 Å². The lowest BCUT2D eigenvalue weighted by Gasteiger charge is -2.59. The Hall–Kier alpha value is -1.19. The molecule has 162 valence electrons. The first-order valence-electron chi connectivity index (χ1n) is 11.9. The maximum Gasteiger partial charge on any atom is 0.323 e. The summed E-state index contributed by atoms with van der Waals surface area (Å²) in [6.45, 7) is 9.28. The molecule has 4 heteroatoms. The van der Waals surface area contributed by atoms with Gasteiger partial charge in [-0.2, -0.15) is 0 Å². The number of hydrogen-bond acceptors (Lipinski definition) is 2. The number of quaternary nitrogens is 1. The molecular formula is C26H36ClN2O+. The second kappa shape index (κ2) is 6.65. The van der Waals surface area contributed by atoms with Crippen LogP contribution in [0.2, 0.25) is 5.02 Å². The number of piperidine rings is 1. The molecule has 0 bridgehead atoms. The van der Waals surface area contributed by atoms with E-state index in [0.717, 1.165) is 36.1 Å². The zero-order valence-corrected chi connectivity index (χ0v) is 20.0. The van der Waals surface area contributed by atoms with E-state index in [4.69, 9.17) is 11.6 Å². The zero-order chi connectivity index (χ0) is 21.5. The Labute approximate surface area is 186 Å². The quantitative estimate of drug-likeness (QED) is 0.460. The van der Waals surface area contributed by atoms with E-state index < -0.39 is 0 Å². The van der Waals surface area contributed by atoms with Crippen molar-refractivity contribution in [3.63, 3.8) is 0 Å². The first kappa shape index (κ1) is 20.7. The third-order valence-corrected chi connectivity index (χ3v) is 10.3. The van der Waals surface area contributed by atoms with Crippen LogP contribution in [0.3, 0.4) is 0 Å². The summed E-state index contributed by atoms with van der Waals surface area (Å²) >= 11 is 6.78. The minimum atomic E-state index is 0.0695. The standard InChI is InChI=1S/C26H36ClN2O/c1-16-15-18-19-7-6-11-25(19,3)12-8-20(18)26(4)13-9-22(30)29(5,24(16)26)21-10-14-28-17(2)23(21)27/h10,14,18-20H,6-9,11-13,15H2,1-5H3/q+1/t18-,19-,20-,25-,26+,29?/m0/s1. The number of amides is 1. The molecule has 6 atom stereocenters. The Balaban J connectivity index is 1.68. The monoisotopic (exact) mass is 427 g/mol. The van der Waals surface area contributed by atoms with Crippen molar-refractivity contribution in [2.45, 2.75) is 79.1 Å². The maximum atomic E-state index is 13.6. The van der Waals surface area contributed by atoms with Gasteiger partial charge in [0.15, 0.2) is 5.69 Å². The molecule has 3 fully saturated rings. The van der Waals surface area contributed by atoms with Crippen molar-refractivity contribution in [3.8, 4) is 0 Å². The molecular weight excluding hydrogens is 392 g/mol. The summed E-state index contributed by atoms with van der Waals surface area (Å²) in [5.74, 6) is 2.58. The predicted molar refractivity (Wildman–Crippen MR) is 123 cm³/mol. The van der Waals surface area contributed by atoms with E-state index in [1.165, 1.54) is 43.4 Å². The van der Waals surface area contributed by atoms with Crippen molar-refractivity contribution in [3.05, 3.63) is 34.2 Å². The van der Waals surface area contributed by atoms with Gasteiger partial charge in [0.05, 0.1) is 19.2 Å². The minimum absolute atomic E-state index is 0.0695. The lowest BCUT2D eigenvalue weighted by molar-refractivity contribution is -0.135. The van der Waals surface area contributed by atoms with E-state index in [1.807, 2.05) is 19.2 Å². The molecule has 1 aromatic heterocycles. The van der Waals surface area contributed by atoms with Crippen LogP contribution in [-0.2, 0) is 4.79 Å². The zero-order valence-electron chi connectivity index (χ0n) is 19.2. The molecule has 3 aliphatic carbocycles. The molecule has 30 heavy (non-hydrogen) atoms. The Bertz CT molecular complexity index is 954. The summed E-state index contributed by atoms with van der Waals surface area (Å²) in [5, 5.41) is 0.645. The lowest BCUT2D eigenvalue weighted by atomic mass is 9.48. The molecule has 2 heterocycles. The van der Waals surface area contributed by atoms with Gasteiger partial charge in [-0.05, 0) is 81.1 Å². The second-order valence-electron chi connectivity index (χ2n) is 11.3. The van der Waals surface area contributed by atoms with Gasteiger partial charge in [-0.1, -0.05) is 31.9 Å². The van der Waals surface area contributed by atoms with E-state index in [2.05, 4.69) is 32.8 Å². The molecule has 4 aliphatic rings. The summed E-state index contributed by atoms with van der Waals surface area (Å²) < 4.78 is 0.246. The van der Waals surface area contributed by atoms with Gasteiger partial charge >= 0.3 is 5.91 Å². The van der Waals surface area contributed by atoms with Crippen LogP contribution < -0.4 is 4.48 Å². The summed E-state index contributed by atoms with van der Waals surface area (Å²) in [6.07, 6.45) is 11.4. The van der Waals surface area contributed by atoms with Crippen molar-refractivity contribution < 1.29 is 4.79 Å². The predicted octanol–water partition coefficient (Wildman–Crippen LogP) is 6.82. The molecule has 1 unspecified atom stereocenters. The third kappa shape index (κ3) is 2.54. The normalized spacial score (nSPS) is 43.3. The van der Waals surface area contributed by atoms with Crippen LogP contribution in [0.4, 0.5) is 5.69 Å². The highest BCUT2D eigenvalue weighted by molar-refractivity contribution is 6.34. The number of carbonyl (C=O) groups excluding carboxylic acids is 1. The average molecular weight is 428 g/mol. The maximum absolute atomic E-state index is 13.6. The fourth-order valence-electron chi connectivity index (χ4n) is 8.52. The van der Waals surface area contributed by atoms with E-state index in [-0.39, 0.29) is 15.8 Å². The molecule has 0 spiro atoms. The SMILES string of the molecule is CC1=C2[C@](C)(CCC(=O)[N+]2(C)c2ccnc(C)c2Cl)[C@H]2CC[C@]3(C)CCC[C@H]3[C@@H]2C1. The smallest absolute Gasteiger partial charge is 0.260 e. The number of halogens is 1. The number of pyridine rings is 1. The molecule has 2 saturated carbocycles. The topological polar surface area (TPSA) is 30.0 Å². The van der Waals surface area contributed by atoms with E-state index in [9.17, 15) is 4.79 Å². The Kier molecular flexibility index (Phi) is 4.59. The molecule has 1 saturated heterocycles. The lowest BCUT2D eigenvalue weighted by Crippen LogP contribution is -2.62. The van der Waals surface area contributed by atoms with Crippen molar-refractivity contribution in [1.29, 1.82) is 0 Å². The van der Waals surface area contributed by atoms with Gasteiger partial charge in [0.2, 0.25) is 0 Å². The number of aromatic nitrogens is 1. The number of nitrogens with zero attached hydrogens (tertiary/aromatic N) is 2. The number of likely N-dealkylation sites (tertiary alicyclic amines) is 1. The van der Waals surface area contributed by atoms with Gasteiger partial charge < -0.3 is 0 Å². The number of carbonyl (C=O) groups is 1. The first-order valence-corrected chi connectivity index (χ1v) is 12.2. The molecule has 1 amide bonds. The van der Waals surface area contributed by atoms with E-state index >= 15 is 0 Å².